The summed E-state index contributed by atoms with van der Waals surface area (Å²) in [4.78, 5) is 15.2. The number of hydrogen-bond donors (Lipinski definition) is 0. The molecule has 0 N–H and O–H groups in total. The minimum absolute atomic E-state index is 0.0804. The van der Waals surface area contributed by atoms with Crippen LogP contribution in [0.1, 0.15) is 53.3 Å². The first-order chi connectivity index (χ1) is 20.9. The van der Waals surface area contributed by atoms with Crippen LogP contribution in [0.25, 0.3) is 0 Å². The largest absolute Gasteiger partial charge is 0.489 e. The SMILES string of the molecule is CC[C@@H](c1ccccc1)N1Cc2cc3c(cc2C[C@H]1C(=O)OC)OC[C@H](c1ccc(OCc2ccc(Cl)c(Cl)c2)cc1)O3. The summed E-state index contributed by atoms with van der Waals surface area (Å²) in [5.74, 6) is 1.92. The van der Waals surface area contributed by atoms with Gasteiger partial charge in [-0.1, -0.05) is 78.7 Å². The summed E-state index contributed by atoms with van der Waals surface area (Å²) < 4.78 is 23.8. The Morgan fingerprint density at radius 1 is 0.953 bits per heavy atom. The van der Waals surface area contributed by atoms with E-state index in [9.17, 15) is 4.79 Å². The van der Waals surface area contributed by atoms with Crippen molar-refractivity contribution in [2.45, 2.75) is 51.1 Å². The van der Waals surface area contributed by atoms with E-state index in [-0.39, 0.29) is 24.2 Å². The molecule has 0 amide bonds. The van der Waals surface area contributed by atoms with E-state index in [0.29, 0.717) is 47.7 Å². The lowest BCUT2D eigenvalue weighted by molar-refractivity contribution is -0.149. The first-order valence-corrected chi connectivity index (χ1v) is 15.2. The van der Waals surface area contributed by atoms with Crippen molar-refractivity contribution in [2.75, 3.05) is 13.7 Å². The lowest BCUT2D eigenvalue weighted by Crippen LogP contribution is -2.47. The Bertz CT molecular complexity index is 1590. The Labute approximate surface area is 262 Å². The van der Waals surface area contributed by atoms with Crippen LogP contribution in [-0.4, -0.2) is 30.6 Å². The average Bonchev–Trinajstić information content (AvgIpc) is 3.04. The standard InChI is InChI=1S/C35H33Cl2NO5/c1-3-30(23-7-5-4-6-8-23)38-19-26-18-33-32(17-25(26)16-31(38)35(39)40-2)42-21-34(43-33)24-10-12-27(13-11-24)41-20-22-9-14-28(36)29(37)15-22/h4-15,17-18,30-31,34H,3,16,19-21H2,1-2H3/t30-,31-,34+/m0/s1. The Balaban J connectivity index is 1.18. The van der Waals surface area contributed by atoms with E-state index < -0.39 is 0 Å². The maximum atomic E-state index is 13.0. The van der Waals surface area contributed by atoms with Crippen molar-refractivity contribution in [1.29, 1.82) is 0 Å². The highest BCUT2D eigenvalue weighted by molar-refractivity contribution is 6.42. The summed E-state index contributed by atoms with van der Waals surface area (Å²) in [6.45, 7) is 3.52. The molecular formula is C35H33Cl2NO5. The molecule has 2 aliphatic heterocycles. The number of ether oxygens (including phenoxy) is 4. The number of rotatable bonds is 8. The highest BCUT2D eigenvalue weighted by Crippen LogP contribution is 2.42. The van der Waals surface area contributed by atoms with E-state index in [1.54, 1.807) is 12.1 Å². The second-order valence-electron chi connectivity index (χ2n) is 10.8. The van der Waals surface area contributed by atoms with E-state index in [4.69, 9.17) is 42.1 Å². The number of halogens is 2. The molecule has 3 atom stereocenters. The third-order valence-corrected chi connectivity index (χ3v) is 8.92. The molecule has 0 unspecified atom stereocenters. The van der Waals surface area contributed by atoms with Gasteiger partial charge in [0.2, 0.25) is 0 Å². The second-order valence-corrected chi connectivity index (χ2v) is 11.7. The van der Waals surface area contributed by atoms with Crippen LogP contribution in [0.5, 0.6) is 17.2 Å². The fraction of sp³-hybridized carbons (Fsp3) is 0.286. The van der Waals surface area contributed by atoms with Crippen molar-refractivity contribution in [1.82, 2.24) is 4.90 Å². The highest BCUT2D eigenvalue weighted by atomic mass is 35.5. The van der Waals surface area contributed by atoms with Crippen molar-refractivity contribution in [3.8, 4) is 17.2 Å². The van der Waals surface area contributed by atoms with Gasteiger partial charge in [0.25, 0.3) is 0 Å². The topological polar surface area (TPSA) is 57.2 Å². The molecule has 0 fully saturated rings. The number of hydrogen-bond acceptors (Lipinski definition) is 6. The van der Waals surface area contributed by atoms with Gasteiger partial charge in [-0.2, -0.15) is 0 Å². The fourth-order valence-electron chi connectivity index (χ4n) is 5.93. The molecule has 8 heteroatoms. The minimum Gasteiger partial charge on any atom is -0.489 e. The van der Waals surface area contributed by atoms with E-state index in [1.807, 2.05) is 54.6 Å². The van der Waals surface area contributed by atoms with E-state index in [1.165, 1.54) is 12.7 Å². The zero-order valence-corrected chi connectivity index (χ0v) is 25.6. The van der Waals surface area contributed by atoms with E-state index in [2.05, 4.69) is 30.0 Å². The monoisotopic (exact) mass is 617 g/mol. The van der Waals surface area contributed by atoms with Gasteiger partial charge in [-0.25, -0.2) is 0 Å². The summed E-state index contributed by atoms with van der Waals surface area (Å²) >= 11 is 12.1. The zero-order valence-electron chi connectivity index (χ0n) is 24.1. The van der Waals surface area contributed by atoms with Crippen LogP contribution in [0.15, 0.2) is 84.9 Å². The number of carbonyl (C=O) groups is 1. The number of nitrogens with zero attached hydrogens (tertiary/aromatic N) is 1. The molecule has 2 aliphatic rings. The van der Waals surface area contributed by atoms with E-state index >= 15 is 0 Å². The van der Waals surface area contributed by atoms with Gasteiger partial charge in [0.1, 0.15) is 25.0 Å². The summed E-state index contributed by atoms with van der Waals surface area (Å²) in [5.41, 5.74) is 5.33. The minimum atomic E-state index is -0.379. The van der Waals surface area contributed by atoms with Crippen LogP contribution >= 0.6 is 23.2 Å². The van der Waals surface area contributed by atoms with Crippen LogP contribution in [0.3, 0.4) is 0 Å². The molecule has 222 valence electrons. The third-order valence-electron chi connectivity index (χ3n) is 8.18. The number of carbonyl (C=O) groups excluding carboxylic acids is 1. The molecule has 6 rings (SSSR count). The van der Waals surface area contributed by atoms with Crippen molar-refractivity contribution in [2.24, 2.45) is 0 Å². The van der Waals surface area contributed by atoms with E-state index in [0.717, 1.165) is 34.4 Å². The Morgan fingerprint density at radius 3 is 2.44 bits per heavy atom. The molecule has 6 nitrogen and oxygen atoms in total. The summed E-state index contributed by atoms with van der Waals surface area (Å²) in [7, 11) is 1.46. The molecule has 0 bridgehead atoms. The van der Waals surface area contributed by atoms with Crippen molar-refractivity contribution < 1.29 is 23.7 Å². The van der Waals surface area contributed by atoms with Crippen LogP contribution in [0.2, 0.25) is 10.0 Å². The van der Waals surface area contributed by atoms with Crippen LogP contribution in [0.4, 0.5) is 0 Å². The molecule has 4 aromatic rings. The third kappa shape index (κ3) is 6.32. The van der Waals surface area contributed by atoms with Crippen LogP contribution < -0.4 is 14.2 Å². The molecule has 0 radical (unpaired) electrons. The molecular weight excluding hydrogens is 585 g/mol. The van der Waals surface area contributed by atoms with Crippen molar-refractivity contribution >= 4 is 29.2 Å². The Hall–Kier alpha value is -3.71. The fourth-order valence-corrected chi connectivity index (χ4v) is 6.25. The molecule has 43 heavy (non-hydrogen) atoms. The molecule has 4 aromatic carbocycles. The van der Waals surface area contributed by atoms with Gasteiger partial charge >= 0.3 is 5.97 Å². The van der Waals surface area contributed by atoms with Crippen LogP contribution in [0, 0.1) is 0 Å². The van der Waals surface area contributed by atoms with Crippen molar-refractivity contribution in [3.05, 3.63) is 123 Å². The predicted octanol–water partition coefficient (Wildman–Crippen LogP) is 8.14. The molecule has 0 spiro atoms. The maximum absolute atomic E-state index is 13.0. The van der Waals surface area contributed by atoms with Gasteiger partial charge in [-0.15, -0.1) is 0 Å². The number of fused-ring (bicyclic) bond motifs is 2. The quantitative estimate of drug-likeness (QED) is 0.186. The lowest BCUT2D eigenvalue weighted by Gasteiger charge is -2.41. The molecule has 0 saturated heterocycles. The molecule has 0 saturated carbocycles. The normalized spacial score (nSPS) is 18.4. The molecule has 0 aromatic heterocycles. The number of methoxy groups -OCH3 is 1. The Morgan fingerprint density at radius 2 is 1.72 bits per heavy atom. The van der Waals surface area contributed by atoms with Gasteiger partial charge in [0.05, 0.1) is 17.2 Å². The highest BCUT2D eigenvalue weighted by Gasteiger charge is 2.38. The molecule has 0 aliphatic carbocycles. The van der Waals surface area contributed by atoms with Gasteiger partial charge in [0.15, 0.2) is 17.6 Å². The summed E-state index contributed by atoms with van der Waals surface area (Å²) in [5, 5.41) is 1.03. The average molecular weight is 619 g/mol. The maximum Gasteiger partial charge on any atom is 0.323 e. The summed E-state index contributed by atoms with van der Waals surface area (Å²) in [6.07, 6.45) is 1.16. The first kappa shape index (κ1) is 29.4. The zero-order chi connectivity index (χ0) is 29.9. The number of esters is 1. The van der Waals surface area contributed by atoms with Gasteiger partial charge in [0, 0.05) is 12.6 Å². The predicted molar refractivity (Wildman–Crippen MR) is 167 cm³/mol. The molecule has 2 heterocycles. The second kappa shape index (κ2) is 12.9. The van der Waals surface area contributed by atoms with Gasteiger partial charge < -0.3 is 18.9 Å². The smallest absolute Gasteiger partial charge is 0.323 e. The first-order valence-electron chi connectivity index (χ1n) is 14.4. The summed E-state index contributed by atoms with van der Waals surface area (Å²) in [6, 6.07) is 27.4. The van der Waals surface area contributed by atoms with Gasteiger partial charge in [-0.05, 0) is 77.1 Å². The van der Waals surface area contributed by atoms with Crippen molar-refractivity contribution in [3.63, 3.8) is 0 Å². The Kier molecular flexibility index (Phi) is 8.80. The van der Waals surface area contributed by atoms with Crippen LogP contribution in [-0.2, 0) is 29.1 Å². The number of benzene rings is 4. The van der Waals surface area contributed by atoms with Gasteiger partial charge in [-0.3, -0.25) is 9.69 Å². The lowest BCUT2D eigenvalue weighted by atomic mass is 9.89.